The average Bonchev–Trinajstić information content (AvgIpc) is 3.03. The number of amides is 4. The number of unbranched alkanes of at least 4 members (excludes halogenated alkanes) is 1. The number of carbonyl (C=O) groups is 4. The molecule has 0 spiro atoms. The lowest BCUT2D eigenvalue weighted by Gasteiger charge is -2.43. The second-order valence-electron chi connectivity index (χ2n) is 14.7. The molecule has 0 N–H and O–H groups in total. The van der Waals surface area contributed by atoms with Crippen LogP contribution < -0.4 is 9.64 Å². The highest BCUT2D eigenvalue weighted by atomic mass is 16.6. The minimum atomic E-state index is -1.75. The van der Waals surface area contributed by atoms with E-state index in [2.05, 4.69) is 0 Å². The number of likely N-dealkylation sites (tertiary alicyclic amines) is 1. The summed E-state index contributed by atoms with van der Waals surface area (Å²) in [6.07, 6.45) is 4.21. The van der Waals surface area contributed by atoms with E-state index in [9.17, 15) is 19.2 Å². The molecule has 0 aliphatic carbocycles. The SMILES string of the molecule is COCCCCN1C(=O)C(C)(C(=O)N(C)CC2CCOCC2)Oc2ccc(C(=O)N(C(C)C)[C@@H]3CCCN(C(=O)OC(C)(C)C)C3)cc21. The molecule has 2 saturated heterocycles. The van der Waals surface area contributed by atoms with Gasteiger partial charge in [0.1, 0.15) is 11.4 Å². The van der Waals surface area contributed by atoms with Crippen molar-refractivity contribution in [2.24, 2.45) is 5.92 Å². The van der Waals surface area contributed by atoms with Gasteiger partial charge in [0.15, 0.2) is 0 Å². The van der Waals surface area contributed by atoms with Gasteiger partial charge in [0.05, 0.1) is 11.7 Å². The molecule has 3 aliphatic rings. The Morgan fingerprint density at radius 3 is 2.46 bits per heavy atom. The van der Waals surface area contributed by atoms with Crippen molar-refractivity contribution in [3.8, 4) is 5.75 Å². The predicted molar refractivity (Wildman–Crippen MR) is 182 cm³/mol. The van der Waals surface area contributed by atoms with Crippen molar-refractivity contribution in [1.82, 2.24) is 14.7 Å². The van der Waals surface area contributed by atoms with Crippen LogP contribution in [0.4, 0.5) is 10.5 Å². The zero-order chi connectivity index (χ0) is 35.2. The smallest absolute Gasteiger partial charge is 0.410 e. The zero-order valence-corrected chi connectivity index (χ0v) is 30.2. The van der Waals surface area contributed by atoms with Crippen molar-refractivity contribution in [3.05, 3.63) is 23.8 Å². The maximum absolute atomic E-state index is 14.2. The molecule has 1 aromatic carbocycles. The van der Waals surface area contributed by atoms with E-state index >= 15 is 0 Å². The zero-order valence-electron chi connectivity index (χ0n) is 30.2. The Morgan fingerprint density at radius 1 is 1.10 bits per heavy atom. The van der Waals surface area contributed by atoms with Crippen molar-refractivity contribution < 1.29 is 38.1 Å². The van der Waals surface area contributed by atoms with Crippen LogP contribution in [-0.4, -0.2) is 122 Å². The number of rotatable bonds is 11. The van der Waals surface area contributed by atoms with Gasteiger partial charge in [-0.3, -0.25) is 14.4 Å². The minimum absolute atomic E-state index is 0.146. The summed E-state index contributed by atoms with van der Waals surface area (Å²) < 4.78 is 22.6. The highest BCUT2D eigenvalue weighted by Crippen LogP contribution is 2.40. The summed E-state index contributed by atoms with van der Waals surface area (Å²) in [5.74, 6) is -0.383. The van der Waals surface area contributed by atoms with Crippen LogP contribution >= 0.6 is 0 Å². The summed E-state index contributed by atoms with van der Waals surface area (Å²) in [4.78, 5) is 62.0. The van der Waals surface area contributed by atoms with E-state index in [4.69, 9.17) is 18.9 Å². The van der Waals surface area contributed by atoms with Gasteiger partial charge in [0, 0.05) is 71.8 Å². The van der Waals surface area contributed by atoms with E-state index in [0.29, 0.717) is 75.3 Å². The summed E-state index contributed by atoms with van der Waals surface area (Å²) >= 11 is 0. The molecule has 3 aliphatic heterocycles. The lowest BCUT2D eigenvalue weighted by atomic mass is 9.95. The van der Waals surface area contributed by atoms with E-state index in [-0.39, 0.29) is 24.1 Å². The quantitative estimate of drug-likeness (QED) is 0.245. The first-order chi connectivity index (χ1) is 22.7. The number of carbonyl (C=O) groups excluding carboxylic acids is 4. The van der Waals surface area contributed by atoms with E-state index in [1.165, 1.54) is 0 Å². The van der Waals surface area contributed by atoms with Crippen molar-refractivity contribution in [2.75, 3.05) is 65.1 Å². The molecule has 2 atom stereocenters. The molecule has 1 unspecified atom stereocenters. The van der Waals surface area contributed by atoms with Crippen LogP contribution in [-0.2, 0) is 23.8 Å². The first-order valence-corrected chi connectivity index (χ1v) is 17.4. The van der Waals surface area contributed by atoms with Gasteiger partial charge in [-0.05, 0) is 104 Å². The second-order valence-corrected chi connectivity index (χ2v) is 14.7. The second kappa shape index (κ2) is 15.9. The molecule has 2 fully saturated rings. The molecule has 268 valence electrons. The number of likely N-dealkylation sites (N-methyl/N-ethyl adjacent to an activating group) is 1. The molecule has 1 aromatic rings. The first kappa shape index (κ1) is 37.4. The normalized spacial score (nSPS) is 21.9. The Hall–Kier alpha value is -3.38. The highest BCUT2D eigenvalue weighted by Gasteiger charge is 2.52. The van der Waals surface area contributed by atoms with Gasteiger partial charge in [-0.1, -0.05) is 0 Å². The number of methoxy groups -OCH3 is 1. The number of hydrogen-bond donors (Lipinski definition) is 0. The fraction of sp³-hybridized carbons (Fsp3) is 0.722. The van der Waals surface area contributed by atoms with E-state index in [1.807, 2.05) is 39.5 Å². The van der Waals surface area contributed by atoms with Crippen LogP contribution in [0.5, 0.6) is 5.75 Å². The minimum Gasteiger partial charge on any atom is -0.465 e. The number of piperidine rings is 1. The number of hydrogen-bond acceptors (Lipinski definition) is 8. The fourth-order valence-electron chi connectivity index (χ4n) is 6.86. The van der Waals surface area contributed by atoms with Crippen LogP contribution in [0.2, 0.25) is 0 Å². The predicted octanol–water partition coefficient (Wildman–Crippen LogP) is 4.73. The third kappa shape index (κ3) is 8.80. The van der Waals surface area contributed by atoms with Crippen molar-refractivity contribution in [2.45, 2.75) is 103 Å². The van der Waals surface area contributed by atoms with E-state index < -0.39 is 23.0 Å². The van der Waals surface area contributed by atoms with Crippen LogP contribution in [0, 0.1) is 5.92 Å². The van der Waals surface area contributed by atoms with Crippen LogP contribution in [0.25, 0.3) is 0 Å². The summed E-state index contributed by atoms with van der Waals surface area (Å²) in [6.45, 7) is 14.7. The largest absolute Gasteiger partial charge is 0.465 e. The van der Waals surface area contributed by atoms with Crippen LogP contribution in [0.15, 0.2) is 18.2 Å². The summed E-state index contributed by atoms with van der Waals surface area (Å²) in [6, 6.07) is 4.73. The van der Waals surface area contributed by atoms with Gasteiger partial charge in [-0.25, -0.2) is 4.79 Å². The van der Waals surface area contributed by atoms with Gasteiger partial charge < -0.3 is 38.5 Å². The number of benzene rings is 1. The summed E-state index contributed by atoms with van der Waals surface area (Å²) in [5, 5.41) is 0. The molecular formula is C36H56N4O8. The van der Waals surface area contributed by atoms with Crippen molar-refractivity contribution in [1.29, 1.82) is 0 Å². The van der Waals surface area contributed by atoms with Gasteiger partial charge in [0.25, 0.3) is 23.3 Å². The number of fused-ring (bicyclic) bond motifs is 1. The molecule has 0 aromatic heterocycles. The standard InChI is InChI=1S/C36H56N4O8/c1-25(2)40(28-12-11-17-38(24-28)34(44)48-35(3,4)5)31(41)27-13-14-30-29(22-27)39(18-9-10-19-45-8)33(43)36(6,47-30)32(42)37(7)23-26-15-20-46-21-16-26/h13-14,22,25-26,28H,9-12,15-21,23-24H2,1-8H3/t28-,36?/m1/s1. The summed E-state index contributed by atoms with van der Waals surface area (Å²) in [5.41, 5.74) is -1.50. The lowest BCUT2D eigenvalue weighted by Crippen LogP contribution is -2.63. The van der Waals surface area contributed by atoms with Gasteiger partial charge in [-0.15, -0.1) is 0 Å². The molecule has 48 heavy (non-hydrogen) atoms. The van der Waals surface area contributed by atoms with Gasteiger partial charge >= 0.3 is 6.09 Å². The Balaban J connectivity index is 1.60. The number of anilines is 1. The molecule has 12 heteroatoms. The molecule has 0 saturated carbocycles. The van der Waals surface area contributed by atoms with Crippen molar-refractivity contribution >= 4 is 29.5 Å². The monoisotopic (exact) mass is 672 g/mol. The van der Waals surface area contributed by atoms with E-state index in [1.54, 1.807) is 54.0 Å². The third-order valence-corrected chi connectivity index (χ3v) is 9.30. The number of nitrogens with zero attached hydrogens (tertiary/aromatic N) is 4. The molecule has 4 amide bonds. The Morgan fingerprint density at radius 2 is 1.81 bits per heavy atom. The number of ether oxygens (including phenoxy) is 4. The first-order valence-electron chi connectivity index (χ1n) is 17.4. The molecule has 3 heterocycles. The Bertz CT molecular complexity index is 1310. The Labute approximate surface area is 286 Å². The van der Waals surface area contributed by atoms with Gasteiger partial charge in [0.2, 0.25) is 0 Å². The Kier molecular flexibility index (Phi) is 12.4. The third-order valence-electron chi connectivity index (χ3n) is 9.30. The van der Waals surface area contributed by atoms with Crippen LogP contribution in [0.3, 0.4) is 0 Å². The van der Waals surface area contributed by atoms with E-state index in [0.717, 1.165) is 32.1 Å². The maximum Gasteiger partial charge on any atom is 0.410 e. The highest BCUT2D eigenvalue weighted by molar-refractivity contribution is 6.16. The average molecular weight is 673 g/mol. The molecule has 12 nitrogen and oxygen atoms in total. The molecule has 4 rings (SSSR count). The van der Waals surface area contributed by atoms with Gasteiger partial charge in [-0.2, -0.15) is 0 Å². The molecule has 0 bridgehead atoms. The lowest BCUT2D eigenvalue weighted by molar-refractivity contribution is -0.155. The van der Waals surface area contributed by atoms with Crippen LogP contribution in [0.1, 0.15) is 90.4 Å². The molecular weight excluding hydrogens is 616 g/mol. The summed E-state index contributed by atoms with van der Waals surface area (Å²) in [7, 11) is 3.35. The van der Waals surface area contributed by atoms with Crippen molar-refractivity contribution in [3.63, 3.8) is 0 Å². The fourth-order valence-corrected chi connectivity index (χ4v) is 6.86. The topological polar surface area (TPSA) is 118 Å². The maximum atomic E-state index is 14.2. The molecule has 0 radical (unpaired) electrons.